The molecule has 1 aromatic heterocycles. The van der Waals surface area contributed by atoms with E-state index in [1.54, 1.807) is 4.90 Å². The first-order valence-corrected chi connectivity index (χ1v) is 8.96. The van der Waals surface area contributed by atoms with Gasteiger partial charge in [0.2, 0.25) is 11.8 Å². The van der Waals surface area contributed by atoms with Gasteiger partial charge in [-0.05, 0) is 31.9 Å². The SMILES string of the molecule is Cc1nc2ccccc2nc1SCC(=O)N1CCCC(C(N)=O)C1. The highest BCUT2D eigenvalue weighted by molar-refractivity contribution is 7.99. The number of hydrogen-bond acceptors (Lipinski definition) is 5. The smallest absolute Gasteiger partial charge is 0.233 e. The van der Waals surface area contributed by atoms with E-state index in [0.29, 0.717) is 18.8 Å². The minimum absolute atomic E-state index is 0.0142. The molecular formula is C17H20N4O2S. The number of aryl methyl sites for hydroxylation is 1. The van der Waals surface area contributed by atoms with Gasteiger partial charge in [0.1, 0.15) is 5.03 Å². The van der Waals surface area contributed by atoms with E-state index in [4.69, 9.17) is 5.73 Å². The first-order valence-electron chi connectivity index (χ1n) is 7.98. The van der Waals surface area contributed by atoms with Crippen LogP contribution in [-0.2, 0) is 9.59 Å². The molecule has 2 N–H and O–H groups in total. The van der Waals surface area contributed by atoms with Crippen molar-refractivity contribution in [3.63, 3.8) is 0 Å². The molecule has 0 bridgehead atoms. The number of aromatic nitrogens is 2. The monoisotopic (exact) mass is 344 g/mol. The van der Waals surface area contributed by atoms with Crippen molar-refractivity contribution in [2.24, 2.45) is 11.7 Å². The van der Waals surface area contributed by atoms with Gasteiger partial charge in [0.25, 0.3) is 0 Å². The third kappa shape index (κ3) is 3.67. The van der Waals surface area contributed by atoms with E-state index in [0.717, 1.165) is 34.6 Å². The van der Waals surface area contributed by atoms with E-state index in [-0.39, 0.29) is 17.7 Å². The molecule has 7 heteroatoms. The van der Waals surface area contributed by atoms with Crippen molar-refractivity contribution < 1.29 is 9.59 Å². The Labute approximate surface area is 144 Å². The Morgan fingerprint density at radius 1 is 1.29 bits per heavy atom. The molecule has 24 heavy (non-hydrogen) atoms. The first kappa shape index (κ1) is 16.7. The Kier molecular flexibility index (Phi) is 4.99. The maximum atomic E-state index is 12.4. The fourth-order valence-electron chi connectivity index (χ4n) is 2.87. The fraction of sp³-hybridized carbons (Fsp3) is 0.412. The zero-order chi connectivity index (χ0) is 17.1. The lowest BCUT2D eigenvalue weighted by Gasteiger charge is -2.31. The number of nitrogens with two attached hydrogens (primary N) is 1. The van der Waals surface area contributed by atoms with Crippen LogP contribution in [0.15, 0.2) is 29.3 Å². The molecular weight excluding hydrogens is 324 g/mol. The maximum Gasteiger partial charge on any atom is 0.233 e. The fourth-order valence-corrected chi connectivity index (χ4v) is 3.73. The van der Waals surface area contributed by atoms with Crippen molar-refractivity contribution in [3.8, 4) is 0 Å². The van der Waals surface area contributed by atoms with Crippen molar-refractivity contribution in [3.05, 3.63) is 30.0 Å². The Bertz CT molecular complexity index is 780. The number of hydrogen-bond donors (Lipinski definition) is 1. The van der Waals surface area contributed by atoms with Gasteiger partial charge in [-0.1, -0.05) is 23.9 Å². The number of rotatable bonds is 4. The number of fused-ring (bicyclic) bond motifs is 1. The highest BCUT2D eigenvalue weighted by Crippen LogP contribution is 2.23. The van der Waals surface area contributed by atoms with Crippen LogP contribution in [0.25, 0.3) is 11.0 Å². The lowest BCUT2D eigenvalue weighted by Crippen LogP contribution is -2.44. The Morgan fingerprint density at radius 3 is 2.71 bits per heavy atom. The van der Waals surface area contributed by atoms with Crippen molar-refractivity contribution in [1.29, 1.82) is 0 Å². The molecule has 1 aliphatic heterocycles. The summed E-state index contributed by atoms with van der Waals surface area (Å²) in [5.74, 6) is -0.245. The number of amides is 2. The van der Waals surface area contributed by atoms with E-state index in [1.807, 2.05) is 31.2 Å². The van der Waals surface area contributed by atoms with Crippen molar-refractivity contribution in [1.82, 2.24) is 14.9 Å². The molecule has 1 unspecified atom stereocenters. The van der Waals surface area contributed by atoms with Crippen LogP contribution in [0, 0.1) is 12.8 Å². The second-order valence-electron chi connectivity index (χ2n) is 5.97. The molecule has 0 spiro atoms. The van der Waals surface area contributed by atoms with Gasteiger partial charge in [0.15, 0.2) is 0 Å². The van der Waals surface area contributed by atoms with Gasteiger partial charge in [0.05, 0.1) is 28.4 Å². The summed E-state index contributed by atoms with van der Waals surface area (Å²) < 4.78 is 0. The highest BCUT2D eigenvalue weighted by Gasteiger charge is 2.27. The molecule has 0 radical (unpaired) electrons. The van der Waals surface area contributed by atoms with Gasteiger partial charge in [-0.2, -0.15) is 0 Å². The molecule has 2 amide bonds. The summed E-state index contributed by atoms with van der Waals surface area (Å²) in [5, 5.41) is 0.769. The number of para-hydroxylation sites is 2. The van der Waals surface area contributed by atoms with E-state index < -0.39 is 0 Å². The molecule has 1 aliphatic rings. The first-order chi connectivity index (χ1) is 11.5. The molecule has 6 nitrogen and oxygen atoms in total. The van der Waals surface area contributed by atoms with Crippen LogP contribution in [0.4, 0.5) is 0 Å². The van der Waals surface area contributed by atoms with Crippen LogP contribution < -0.4 is 5.73 Å². The van der Waals surface area contributed by atoms with Crippen LogP contribution >= 0.6 is 11.8 Å². The molecule has 1 atom stereocenters. The molecule has 1 fully saturated rings. The van der Waals surface area contributed by atoms with Gasteiger partial charge in [-0.25, -0.2) is 9.97 Å². The van der Waals surface area contributed by atoms with Crippen LogP contribution in [0.5, 0.6) is 0 Å². The number of nitrogens with zero attached hydrogens (tertiary/aromatic N) is 3. The third-order valence-corrected chi connectivity index (χ3v) is 5.26. The second kappa shape index (κ2) is 7.17. The Morgan fingerprint density at radius 2 is 2.00 bits per heavy atom. The summed E-state index contributed by atoms with van der Waals surface area (Å²) in [6, 6.07) is 7.68. The standard InChI is InChI=1S/C17H20N4O2S/c1-11-17(20-14-7-3-2-6-13(14)19-11)24-10-15(22)21-8-4-5-12(9-21)16(18)23/h2-3,6-7,12H,4-5,8-10H2,1H3,(H2,18,23). The third-order valence-electron chi connectivity index (χ3n) is 4.21. The van der Waals surface area contributed by atoms with Gasteiger partial charge in [-0.3, -0.25) is 9.59 Å². The van der Waals surface area contributed by atoms with Gasteiger partial charge in [-0.15, -0.1) is 0 Å². The number of likely N-dealkylation sites (tertiary alicyclic amines) is 1. The van der Waals surface area contributed by atoms with Gasteiger partial charge >= 0.3 is 0 Å². The summed E-state index contributed by atoms with van der Waals surface area (Å²) in [7, 11) is 0. The summed E-state index contributed by atoms with van der Waals surface area (Å²) in [4.78, 5) is 34.6. The number of thioether (sulfide) groups is 1. The molecule has 126 valence electrons. The number of carbonyl (C=O) groups is 2. The molecule has 1 saturated heterocycles. The quantitative estimate of drug-likeness (QED) is 0.854. The number of primary amides is 1. The van der Waals surface area contributed by atoms with Crippen LogP contribution in [-0.4, -0.2) is 45.5 Å². The topological polar surface area (TPSA) is 89.2 Å². The molecule has 1 aromatic carbocycles. The normalized spacial score (nSPS) is 17.9. The summed E-state index contributed by atoms with van der Waals surface area (Å²) in [6.07, 6.45) is 1.58. The lowest BCUT2D eigenvalue weighted by atomic mass is 9.97. The second-order valence-corrected chi connectivity index (χ2v) is 6.94. The summed E-state index contributed by atoms with van der Waals surface area (Å²) in [6.45, 7) is 3.01. The van der Waals surface area contributed by atoms with E-state index in [2.05, 4.69) is 9.97 Å². The number of carbonyl (C=O) groups excluding carboxylic acids is 2. The molecule has 2 aromatic rings. The van der Waals surface area contributed by atoms with Crippen LogP contribution in [0.1, 0.15) is 18.5 Å². The van der Waals surface area contributed by atoms with Crippen molar-refractivity contribution in [2.45, 2.75) is 24.8 Å². The Hall–Kier alpha value is -2.15. The number of benzene rings is 1. The average Bonchev–Trinajstić information content (AvgIpc) is 2.59. The lowest BCUT2D eigenvalue weighted by molar-refractivity contribution is -0.132. The number of piperidine rings is 1. The molecule has 3 rings (SSSR count). The van der Waals surface area contributed by atoms with Crippen LogP contribution in [0.2, 0.25) is 0 Å². The van der Waals surface area contributed by atoms with Gasteiger partial charge in [0, 0.05) is 13.1 Å². The minimum Gasteiger partial charge on any atom is -0.369 e. The predicted octanol–water partition coefficient (Wildman–Crippen LogP) is 1.75. The Balaban J connectivity index is 1.66. The minimum atomic E-state index is -0.323. The average molecular weight is 344 g/mol. The van der Waals surface area contributed by atoms with Crippen molar-refractivity contribution >= 4 is 34.6 Å². The zero-order valence-electron chi connectivity index (χ0n) is 13.6. The van der Waals surface area contributed by atoms with Gasteiger partial charge < -0.3 is 10.6 Å². The van der Waals surface area contributed by atoms with E-state index in [9.17, 15) is 9.59 Å². The zero-order valence-corrected chi connectivity index (χ0v) is 14.4. The van der Waals surface area contributed by atoms with E-state index >= 15 is 0 Å². The highest BCUT2D eigenvalue weighted by atomic mass is 32.2. The molecule has 0 saturated carbocycles. The molecule has 2 heterocycles. The predicted molar refractivity (Wildman–Crippen MR) is 93.5 cm³/mol. The summed E-state index contributed by atoms with van der Waals surface area (Å²) in [5.41, 5.74) is 7.86. The largest absolute Gasteiger partial charge is 0.369 e. The summed E-state index contributed by atoms with van der Waals surface area (Å²) >= 11 is 1.39. The van der Waals surface area contributed by atoms with Crippen LogP contribution in [0.3, 0.4) is 0 Å². The maximum absolute atomic E-state index is 12.4. The molecule has 0 aliphatic carbocycles. The van der Waals surface area contributed by atoms with E-state index in [1.165, 1.54) is 11.8 Å². The van der Waals surface area contributed by atoms with Crippen molar-refractivity contribution in [2.75, 3.05) is 18.8 Å².